The molecule has 0 aliphatic carbocycles. The number of benzene rings is 2. The second kappa shape index (κ2) is 7.76. The van der Waals surface area contributed by atoms with E-state index in [1.54, 1.807) is 48.5 Å². The summed E-state index contributed by atoms with van der Waals surface area (Å²) in [5.41, 5.74) is 0.354. The molecule has 2 aromatic carbocycles. The van der Waals surface area contributed by atoms with E-state index in [9.17, 15) is 13.2 Å². The van der Waals surface area contributed by atoms with Crippen LogP contribution in [0.2, 0.25) is 5.02 Å². The molecule has 3 aromatic rings. The second-order valence-electron chi connectivity index (χ2n) is 5.58. The number of amides is 1. The maximum atomic E-state index is 13.0. The lowest BCUT2D eigenvalue weighted by atomic mass is 10.2. The van der Waals surface area contributed by atoms with E-state index in [-0.39, 0.29) is 17.2 Å². The first-order valence-electron chi connectivity index (χ1n) is 7.84. The molecule has 0 saturated heterocycles. The normalized spacial score (nSPS) is 12.5. The minimum absolute atomic E-state index is 0.129. The fourth-order valence-electron chi connectivity index (χ4n) is 2.53. The average Bonchev–Trinajstić information content (AvgIpc) is 3.16. The Balaban J connectivity index is 1.85. The van der Waals surface area contributed by atoms with E-state index in [4.69, 9.17) is 16.0 Å². The molecule has 1 aromatic heterocycles. The number of halogens is 1. The van der Waals surface area contributed by atoms with Gasteiger partial charge in [-0.2, -0.15) is 0 Å². The largest absolute Gasteiger partial charge is 0.468 e. The lowest BCUT2D eigenvalue weighted by Crippen LogP contribution is -2.31. The summed E-state index contributed by atoms with van der Waals surface area (Å²) in [5, 5.41) is 2.04. The van der Waals surface area contributed by atoms with Crippen LogP contribution in [0.15, 0.2) is 82.3 Å². The molecule has 0 aliphatic heterocycles. The number of hydrogen-bond donors (Lipinski definition) is 1. The summed E-state index contributed by atoms with van der Waals surface area (Å²) < 4.78 is 31.3. The van der Waals surface area contributed by atoms with Crippen molar-refractivity contribution in [3.8, 4) is 0 Å². The smallest absolute Gasteiger partial charge is 0.251 e. The Kier molecular flexibility index (Phi) is 5.44. The molecule has 0 aliphatic rings. The van der Waals surface area contributed by atoms with Crippen LogP contribution in [0.3, 0.4) is 0 Å². The molecule has 1 heterocycles. The molecular formula is C19H16ClNO4S. The molecule has 5 nitrogen and oxygen atoms in total. The summed E-state index contributed by atoms with van der Waals surface area (Å²) in [5.74, 6) is -0.146. The van der Waals surface area contributed by atoms with Crippen molar-refractivity contribution in [3.63, 3.8) is 0 Å². The van der Waals surface area contributed by atoms with E-state index in [1.165, 1.54) is 24.5 Å². The summed E-state index contributed by atoms with van der Waals surface area (Å²) in [4.78, 5) is 12.5. The van der Waals surface area contributed by atoms with Crippen molar-refractivity contribution < 1.29 is 17.6 Å². The van der Waals surface area contributed by atoms with Gasteiger partial charge in [0, 0.05) is 17.1 Å². The van der Waals surface area contributed by atoms with Gasteiger partial charge >= 0.3 is 0 Å². The standard InChI is InChI=1S/C19H16ClNO4S/c20-15-7-4-6-14(12-15)19(22)21-13-18(17-10-5-11-25-17)26(23,24)16-8-2-1-3-9-16/h1-12,18H,13H2,(H,21,22)/t18-/m0/s1. The van der Waals surface area contributed by atoms with E-state index in [0.29, 0.717) is 10.6 Å². The van der Waals surface area contributed by atoms with Crippen molar-refractivity contribution in [2.24, 2.45) is 0 Å². The van der Waals surface area contributed by atoms with Gasteiger partial charge in [-0.3, -0.25) is 4.79 Å². The molecule has 1 N–H and O–H groups in total. The van der Waals surface area contributed by atoms with E-state index < -0.39 is 21.0 Å². The fourth-order valence-corrected chi connectivity index (χ4v) is 4.33. The van der Waals surface area contributed by atoms with E-state index >= 15 is 0 Å². The van der Waals surface area contributed by atoms with Gasteiger partial charge in [0.1, 0.15) is 11.0 Å². The Morgan fingerprint density at radius 1 is 1.04 bits per heavy atom. The Morgan fingerprint density at radius 3 is 2.46 bits per heavy atom. The minimum atomic E-state index is -3.74. The molecule has 134 valence electrons. The predicted molar refractivity (Wildman–Crippen MR) is 98.9 cm³/mol. The highest BCUT2D eigenvalue weighted by molar-refractivity contribution is 7.91. The van der Waals surface area contributed by atoms with Crippen LogP contribution in [-0.2, 0) is 9.84 Å². The maximum absolute atomic E-state index is 13.0. The summed E-state index contributed by atoms with van der Waals surface area (Å²) in [6.07, 6.45) is 1.40. The molecule has 3 rings (SSSR count). The number of carbonyl (C=O) groups excluding carboxylic acids is 1. The molecule has 0 radical (unpaired) electrons. The molecular weight excluding hydrogens is 374 g/mol. The van der Waals surface area contributed by atoms with Gasteiger partial charge in [0.2, 0.25) is 0 Å². The van der Waals surface area contributed by atoms with Gasteiger partial charge in [0.25, 0.3) is 5.91 Å². The van der Waals surface area contributed by atoms with E-state index in [0.717, 1.165) is 0 Å². The quantitative estimate of drug-likeness (QED) is 0.694. The van der Waals surface area contributed by atoms with Crippen LogP contribution in [0, 0.1) is 0 Å². The molecule has 26 heavy (non-hydrogen) atoms. The lowest BCUT2D eigenvalue weighted by Gasteiger charge is -2.16. The zero-order chi connectivity index (χ0) is 18.6. The van der Waals surface area contributed by atoms with Gasteiger partial charge in [-0.15, -0.1) is 0 Å². The molecule has 1 atom stereocenters. The summed E-state index contributed by atoms with van der Waals surface area (Å²) in [6.45, 7) is -0.129. The molecule has 1 amide bonds. The van der Waals surface area contributed by atoms with Crippen LogP contribution >= 0.6 is 11.6 Å². The topological polar surface area (TPSA) is 76.4 Å². The third kappa shape index (κ3) is 3.98. The SMILES string of the molecule is O=C(NC[C@@H](c1ccco1)S(=O)(=O)c1ccccc1)c1cccc(Cl)c1. The first-order valence-corrected chi connectivity index (χ1v) is 9.77. The van der Waals surface area contributed by atoms with Gasteiger partial charge in [-0.05, 0) is 42.5 Å². The zero-order valence-corrected chi connectivity index (χ0v) is 15.2. The van der Waals surface area contributed by atoms with E-state index in [2.05, 4.69) is 5.32 Å². The zero-order valence-electron chi connectivity index (χ0n) is 13.6. The van der Waals surface area contributed by atoms with Crippen molar-refractivity contribution in [1.82, 2.24) is 5.32 Å². The summed E-state index contributed by atoms with van der Waals surface area (Å²) >= 11 is 5.89. The second-order valence-corrected chi connectivity index (χ2v) is 8.15. The molecule has 0 saturated carbocycles. The monoisotopic (exact) mass is 389 g/mol. The highest BCUT2D eigenvalue weighted by Gasteiger charge is 2.31. The van der Waals surface area contributed by atoms with Crippen molar-refractivity contribution >= 4 is 27.3 Å². The highest BCUT2D eigenvalue weighted by atomic mass is 35.5. The van der Waals surface area contributed by atoms with E-state index in [1.807, 2.05) is 0 Å². The Morgan fingerprint density at radius 2 is 1.81 bits per heavy atom. The Hall–Kier alpha value is -2.57. The fraction of sp³-hybridized carbons (Fsp3) is 0.105. The molecule has 7 heteroatoms. The number of sulfone groups is 1. The molecule has 0 fully saturated rings. The van der Waals surface area contributed by atoms with Crippen molar-refractivity contribution in [2.45, 2.75) is 10.1 Å². The number of furan rings is 1. The van der Waals surface area contributed by atoms with Gasteiger partial charge in [0.05, 0.1) is 11.2 Å². The van der Waals surface area contributed by atoms with Crippen LogP contribution < -0.4 is 5.32 Å². The first kappa shape index (κ1) is 18.2. The summed E-state index contributed by atoms with van der Waals surface area (Å²) in [6, 6.07) is 17.7. The van der Waals surface area contributed by atoms with Crippen LogP contribution in [0.25, 0.3) is 0 Å². The summed E-state index contributed by atoms with van der Waals surface area (Å²) in [7, 11) is -3.74. The minimum Gasteiger partial charge on any atom is -0.468 e. The van der Waals surface area contributed by atoms with Crippen LogP contribution in [0.1, 0.15) is 21.4 Å². The van der Waals surface area contributed by atoms with Crippen LogP contribution in [-0.4, -0.2) is 20.9 Å². The number of nitrogens with one attached hydrogen (secondary N) is 1. The third-order valence-corrected chi connectivity index (χ3v) is 6.15. The highest BCUT2D eigenvalue weighted by Crippen LogP contribution is 2.28. The Labute approximate surface area is 156 Å². The van der Waals surface area contributed by atoms with Gasteiger partial charge < -0.3 is 9.73 Å². The van der Waals surface area contributed by atoms with Crippen molar-refractivity contribution in [2.75, 3.05) is 6.54 Å². The van der Waals surface area contributed by atoms with Crippen LogP contribution in [0.4, 0.5) is 0 Å². The van der Waals surface area contributed by atoms with Crippen molar-refractivity contribution in [1.29, 1.82) is 0 Å². The average molecular weight is 390 g/mol. The molecule has 0 spiro atoms. The number of rotatable bonds is 6. The number of carbonyl (C=O) groups is 1. The van der Waals surface area contributed by atoms with Crippen molar-refractivity contribution in [3.05, 3.63) is 89.3 Å². The Bertz CT molecular complexity index is 985. The van der Waals surface area contributed by atoms with Crippen LogP contribution in [0.5, 0.6) is 0 Å². The maximum Gasteiger partial charge on any atom is 0.251 e. The lowest BCUT2D eigenvalue weighted by molar-refractivity contribution is 0.0953. The molecule has 0 unspecified atom stereocenters. The van der Waals surface area contributed by atoms with Gasteiger partial charge in [0.15, 0.2) is 9.84 Å². The first-order chi connectivity index (χ1) is 12.5. The van der Waals surface area contributed by atoms with Gasteiger partial charge in [-0.1, -0.05) is 35.9 Å². The predicted octanol–water partition coefficient (Wildman–Crippen LogP) is 3.88. The third-order valence-electron chi connectivity index (χ3n) is 3.84. The molecule has 0 bridgehead atoms. The number of hydrogen-bond acceptors (Lipinski definition) is 4. The van der Waals surface area contributed by atoms with Gasteiger partial charge in [-0.25, -0.2) is 8.42 Å².